The van der Waals surface area contributed by atoms with Crippen molar-refractivity contribution in [1.82, 2.24) is 13.9 Å². The Morgan fingerprint density at radius 2 is 2.00 bits per heavy atom. The molecule has 0 spiro atoms. The Hall–Kier alpha value is -2.39. The lowest BCUT2D eigenvalue weighted by Crippen LogP contribution is -2.40. The molecule has 25 heavy (non-hydrogen) atoms. The van der Waals surface area contributed by atoms with E-state index in [-0.39, 0.29) is 29.3 Å². The minimum atomic E-state index is -3.79. The van der Waals surface area contributed by atoms with Crippen LogP contribution in [0, 0.1) is 0 Å². The van der Waals surface area contributed by atoms with E-state index in [1.54, 1.807) is 19.2 Å². The molecule has 1 aromatic carbocycles. The van der Waals surface area contributed by atoms with E-state index in [2.05, 4.69) is 4.98 Å². The smallest absolute Gasteiger partial charge is 0.256 e. The number of hydrogen-bond acceptors (Lipinski definition) is 6. The van der Waals surface area contributed by atoms with Gasteiger partial charge in [0.05, 0.1) is 18.6 Å². The summed E-state index contributed by atoms with van der Waals surface area (Å²) in [6.07, 6.45) is 1.75. The Bertz CT molecular complexity index is 999. The van der Waals surface area contributed by atoms with Crippen molar-refractivity contribution in [2.24, 2.45) is 7.05 Å². The molecule has 2 aliphatic heterocycles. The first kappa shape index (κ1) is 16.1. The zero-order chi connectivity index (χ0) is 17.6. The predicted octanol–water partition coefficient (Wildman–Crippen LogP) is 0.298. The number of nitrogens with zero attached hydrogens (tertiary/aromatic N) is 3. The molecule has 4 rings (SSSR count). The number of fused-ring (bicyclic) bond motifs is 2. The highest BCUT2D eigenvalue weighted by Gasteiger charge is 2.34. The van der Waals surface area contributed by atoms with E-state index in [0.29, 0.717) is 36.6 Å². The maximum atomic E-state index is 13.1. The number of hydrogen-bond donors (Lipinski definition) is 0. The second-order valence-electron chi connectivity index (χ2n) is 5.95. The van der Waals surface area contributed by atoms with Gasteiger partial charge in [0.25, 0.3) is 5.56 Å². The molecule has 9 heteroatoms. The van der Waals surface area contributed by atoms with E-state index in [1.165, 1.54) is 21.3 Å². The first-order valence-electron chi connectivity index (χ1n) is 7.90. The summed E-state index contributed by atoms with van der Waals surface area (Å²) in [4.78, 5) is 16.5. The van der Waals surface area contributed by atoms with Crippen LogP contribution in [0.15, 0.2) is 34.2 Å². The van der Waals surface area contributed by atoms with Crippen molar-refractivity contribution in [1.29, 1.82) is 0 Å². The summed E-state index contributed by atoms with van der Waals surface area (Å²) >= 11 is 0. The molecule has 2 aliphatic rings. The van der Waals surface area contributed by atoms with Gasteiger partial charge >= 0.3 is 0 Å². The summed E-state index contributed by atoms with van der Waals surface area (Å²) in [7, 11) is -2.16. The summed E-state index contributed by atoms with van der Waals surface area (Å²) in [6.45, 7) is 0.986. The topological polar surface area (TPSA) is 90.7 Å². The quantitative estimate of drug-likeness (QED) is 0.762. The standard InChI is InChI=1S/C16H17N3O5S/c1-18-10-17-12-9-19(6-5-11(12)16(18)20)25(21,22)14-4-2-3-13-15(14)24-8-7-23-13/h2-4,10H,5-9H2,1H3. The normalized spacial score (nSPS) is 17.2. The van der Waals surface area contributed by atoms with Crippen LogP contribution in [0.2, 0.25) is 0 Å². The summed E-state index contributed by atoms with van der Waals surface area (Å²) in [6, 6.07) is 4.83. The van der Waals surface area contributed by atoms with Gasteiger partial charge < -0.3 is 14.0 Å². The maximum absolute atomic E-state index is 13.1. The number of ether oxygens (including phenoxy) is 2. The van der Waals surface area contributed by atoms with Crippen LogP contribution in [-0.4, -0.2) is 42.0 Å². The Labute approximate surface area is 144 Å². The zero-order valence-corrected chi connectivity index (χ0v) is 14.5. The molecule has 0 saturated carbocycles. The Balaban J connectivity index is 1.73. The van der Waals surface area contributed by atoms with E-state index in [4.69, 9.17) is 9.47 Å². The second kappa shape index (κ2) is 5.85. The number of benzene rings is 1. The molecule has 0 radical (unpaired) electrons. The van der Waals surface area contributed by atoms with Gasteiger partial charge in [-0.1, -0.05) is 6.07 Å². The lowest BCUT2D eigenvalue weighted by molar-refractivity contribution is 0.166. The van der Waals surface area contributed by atoms with Crippen LogP contribution in [0.1, 0.15) is 11.3 Å². The van der Waals surface area contributed by atoms with Crippen molar-refractivity contribution < 1.29 is 17.9 Å². The molecule has 8 nitrogen and oxygen atoms in total. The van der Waals surface area contributed by atoms with Gasteiger partial charge in [-0.2, -0.15) is 4.31 Å². The number of aromatic nitrogens is 2. The average Bonchev–Trinajstić information content (AvgIpc) is 2.64. The third kappa shape index (κ3) is 2.59. The molecule has 0 amide bonds. The van der Waals surface area contributed by atoms with Gasteiger partial charge in [0.15, 0.2) is 11.5 Å². The van der Waals surface area contributed by atoms with Crippen molar-refractivity contribution in [3.8, 4) is 11.5 Å². The van der Waals surface area contributed by atoms with E-state index < -0.39 is 10.0 Å². The van der Waals surface area contributed by atoms with Crippen LogP contribution in [0.25, 0.3) is 0 Å². The number of sulfonamides is 1. The SMILES string of the molecule is Cn1cnc2c(c1=O)CCN(S(=O)(=O)c1cccc3c1OCCO3)C2. The molecule has 0 unspecified atom stereocenters. The molecule has 1 aromatic heterocycles. The molecule has 3 heterocycles. The van der Waals surface area contributed by atoms with Crippen LogP contribution in [0.3, 0.4) is 0 Å². The molecule has 0 saturated heterocycles. The van der Waals surface area contributed by atoms with E-state index in [1.807, 2.05) is 0 Å². The van der Waals surface area contributed by atoms with Crippen LogP contribution in [0.4, 0.5) is 0 Å². The number of aryl methyl sites for hydroxylation is 1. The molecule has 0 atom stereocenters. The third-order valence-corrected chi connectivity index (χ3v) is 6.27. The molecule has 0 N–H and O–H groups in total. The van der Waals surface area contributed by atoms with E-state index >= 15 is 0 Å². The lowest BCUT2D eigenvalue weighted by atomic mass is 10.1. The molecule has 132 valence electrons. The Morgan fingerprint density at radius 1 is 1.20 bits per heavy atom. The molecule has 2 aromatic rings. The van der Waals surface area contributed by atoms with Crippen molar-refractivity contribution in [3.05, 3.63) is 46.1 Å². The van der Waals surface area contributed by atoms with Crippen LogP contribution < -0.4 is 15.0 Å². The van der Waals surface area contributed by atoms with Crippen molar-refractivity contribution >= 4 is 10.0 Å². The van der Waals surface area contributed by atoms with Gasteiger partial charge in [-0.05, 0) is 18.6 Å². The van der Waals surface area contributed by atoms with Gasteiger partial charge in [-0.25, -0.2) is 13.4 Å². The fraction of sp³-hybridized carbons (Fsp3) is 0.375. The highest BCUT2D eigenvalue weighted by molar-refractivity contribution is 7.89. The van der Waals surface area contributed by atoms with E-state index in [9.17, 15) is 13.2 Å². The van der Waals surface area contributed by atoms with Crippen molar-refractivity contribution in [3.63, 3.8) is 0 Å². The van der Waals surface area contributed by atoms with Crippen LogP contribution in [-0.2, 0) is 30.0 Å². The second-order valence-corrected chi connectivity index (χ2v) is 7.86. The van der Waals surface area contributed by atoms with Gasteiger partial charge in [-0.15, -0.1) is 0 Å². The highest BCUT2D eigenvalue weighted by Crippen LogP contribution is 2.38. The third-order valence-electron chi connectivity index (χ3n) is 4.40. The summed E-state index contributed by atoms with van der Waals surface area (Å²) in [5.41, 5.74) is 0.946. The van der Waals surface area contributed by atoms with Crippen molar-refractivity contribution in [2.45, 2.75) is 17.9 Å². The average molecular weight is 363 g/mol. The molecule has 0 aliphatic carbocycles. The fourth-order valence-electron chi connectivity index (χ4n) is 3.09. The van der Waals surface area contributed by atoms with E-state index in [0.717, 1.165) is 0 Å². The van der Waals surface area contributed by atoms with Crippen LogP contribution >= 0.6 is 0 Å². The molecule has 0 bridgehead atoms. The van der Waals surface area contributed by atoms with Gasteiger partial charge in [0, 0.05) is 19.2 Å². The minimum Gasteiger partial charge on any atom is -0.486 e. The summed E-state index contributed by atoms with van der Waals surface area (Å²) in [5.74, 6) is 0.674. The summed E-state index contributed by atoms with van der Waals surface area (Å²) < 4.78 is 39.9. The zero-order valence-electron chi connectivity index (χ0n) is 13.6. The molecular formula is C16H17N3O5S. The Morgan fingerprint density at radius 3 is 2.84 bits per heavy atom. The first-order valence-corrected chi connectivity index (χ1v) is 9.34. The highest BCUT2D eigenvalue weighted by atomic mass is 32.2. The maximum Gasteiger partial charge on any atom is 0.256 e. The molecule has 0 fully saturated rings. The van der Waals surface area contributed by atoms with Gasteiger partial charge in [-0.3, -0.25) is 4.79 Å². The summed E-state index contributed by atoms with van der Waals surface area (Å²) in [5, 5.41) is 0. The Kier molecular flexibility index (Phi) is 3.77. The molecular weight excluding hydrogens is 346 g/mol. The van der Waals surface area contributed by atoms with Crippen LogP contribution in [0.5, 0.6) is 11.5 Å². The predicted molar refractivity (Wildman–Crippen MR) is 88.2 cm³/mol. The van der Waals surface area contributed by atoms with Crippen molar-refractivity contribution in [2.75, 3.05) is 19.8 Å². The first-order chi connectivity index (χ1) is 12.0. The monoisotopic (exact) mass is 363 g/mol. The number of para-hydroxylation sites is 1. The lowest BCUT2D eigenvalue weighted by Gasteiger charge is -2.28. The fourth-order valence-corrected chi connectivity index (χ4v) is 4.63. The largest absolute Gasteiger partial charge is 0.486 e. The minimum absolute atomic E-state index is 0.0677. The number of rotatable bonds is 2. The van der Waals surface area contributed by atoms with Gasteiger partial charge in [0.1, 0.15) is 18.1 Å². The van der Waals surface area contributed by atoms with Gasteiger partial charge in [0.2, 0.25) is 10.0 Å².